The van der Waals surface area contributed by atoms with Crippen LogP contribution in [0.2, 0.25) is 0 Å². The molecule has 4 N–H and O–H groups in total. The summed E-state index contributed by atoms with van der Waals surface area (Å²) in [4.78, 5) is 4.25. The van der Waals surface area contributed by atoms with E-state index in [-0.39, 0.29) is 30.5 Å². The van der Waals surface area contributed by atoms with Crippen molar-refractivity contribution in [2.75, 3.05) is 11.9 Å². The second kappa shape index (κ2) is 8.31. The maximum atomic E-state index is 10.5. The molecule has 2 aromatic carbocycles. The van der Waals surface area contributed by atoms with Crippen molar-refractivity contribution in [1.29, 1.82) is 0 Å². The number of nitrogens with one attached hydrogen (secondary N) is 1. The first-order valence-corrected chi connectivity index (χ1v) is 7.30. The molecule has 0 aliphatic heterocycles. The molecule has 1 unspecified atom stereocenters. The first-order valence-electron chi connectivity index (χ1n) is 7.30. The van der Waals surface area contributed by atoms with Crippen LogP contribution in [0.25, 0.3) is 0 Å². The van der Waals surface area contributed by atoms with Gasteiger partial charge in [-0.15, -0.1) is 24.0 Å². The normalized spacial score (nSPS) is 13.8. The van der Waals surface area contributed by atoms with Crippen molar-refractivity contribution in [2.24, 2.45) is 10.7 Å². The average molecular weight is 425 g/mol. The van der Waals surface area contributed by atoms with Gasteiger partial charge in [-0.3, -0.25) is 0 Å². The largest absolute Gasteiger partial charge is 0.384 e. The summed E-state index contributed by atoms with van der Waals surface area (Å²) in [5.41, 5.74) is 8.99. The molecule has 0 aliphatic rings. The molecule has 0 amide bonds. The minimum Gasteiger partial charge on any atom is -0.384 e. The second-order valence-electron chi connectivity index (χ2n) is 5.77. The molecular weight excluding hydrogens is 401 g/mol. The highest BCUT2D eigenvalue weighted by molar-refractivity contribution is 14.0. The zero-order chi connectivity index (χ0) is 16.2. The van der Waals surface area contributed by atoms with Crippen LogP contribution < -0.4 is 11.1 Å². The van der Waals surface area contributed by atoms with Crippen LogP contribution in [-0.4, -0.2) is 17.6 Å². The average Bonchev–Trinajstić information content (AvgIpc) is 2.50. The molecular formula is C18H24IN3O. The summed E-state index contributed by atoms with van der Waals surface area (Å²) in [6.07, 6.45) is 0. The highest BCUT2D eigenvalue weighted by Gasteiger charge is 2.22. The summed E-state index contributed by atoms with van der Waals surface area (Å²) in [7, 11) is 0. The van der Waals surface area contributed by atoms with Crippen molar-refractivity contribution in [2.45, 2.75) is 26.4 Å². The van der Waals surface area contributed by atoms with Crippen LogP contribution in [0.4, 0.5) is 5.69 Å². The molecule has 5 heteroatoms. The summed E-state index contributed by atoms with van der Waals surface area (Å²) >= 11 is 0. The monoisotopic (exact) mass is 425 g/mol. The van der Waals surface area contributed by atoms with E-state index in [0.29, 0.717) is 5.96 Å². The number of rotatable bonds is 4. The fourth-order valence-corrected chi connectivity index (χ4v) is 2.13. The molecule has 0 heterocycles. The van der Waals surface area contributed by atoms with Gasteiger partial charge in [0.2, 0.25) is 0 Å². The van der Waals surface area contributed by atoms with Gasteiger partial charge in [0, 0.05) is 5.69 Å². The number of halogens is 1. The van der Waals surface area contributed by atoms with E-state index >= 15 is 0 Å². The van der Waals surface area contributed by atoms with E-state index in [1.54, 1.807) is 6.92 Å². The number of nitrogens with two attached hydrogens (primary N) is 1. The van der Waals surface area contributed by atoms with E-state index in [1.165, 1.54) is 11.1 Å². The Morgan fingerprint density at radius 2 is 1.78 bits per heavy atom. The Kier molecular flexibility index (Phi) is 7.02. The van der Waals surface area contributed by atoms with E-state index in [1.807, 2.05) is 55.5 Å². The Bertz CT molecular complexity index is 669. The molecule has 124 valence electrons. The number of guanidine groups is 1. The van der Waals surface area contributed by atoms with Gasteiger partial charge >= 0.3 is 0 Å². The molecule has 2 rings (SSSR count). The first kappa shape index (κ1) is 19.4. The Morgan fingerprint density at radius 3 is 2.39 bits per heavy atom. The van der Waals surface area contributed by atoms with Crippen molar-refractivity contribution < 1.29 is 5.11 Å². The highest BCUT2D eigenvalue weighted by atomic mass is 127. The lowest BCUT2D eigenvalue weighted by molar-refractivity contribution is 0.0674. The molecule has 0 saturated heterocycles. The Balaban J connectivity index is 0.00000264. The van der Waals surface area contributed by atoms with Gasteiger partial charge in [-0.25, -0.2) is 4.99 Å². The number of benzene rings is 2. The number of anilines is 1. The van der Waals surface area contributed by atoms with Crippen LogP contribution in [-0.2, 0) is 5.60 Å². The topological polar surface area (TPSA) is 70.6 Å². The number of aliphatic imine (C=N–C) groups is 1. The molecule has 0 fully saturated rings. The summed E-state index contributed by atoms with van der Waals surface area (Å²) < 4.78 is 0. The molecule has 1 atom stereocenters. The van der Waals surface area contributed by atoms with Gasteiger partial charge in [0.1, 0.15) is 5.60 Å². The number of hydrogen-bond donors (Lipinski definition) is 3. The van der Waals surface area contributed by atoms with Gasteiger partial charge < -0.3 is 16.2 Å². The van der Waals surface area contributed by atoms with E-state index in [9.17, 15) is 5.11 Å². The zero-order valence-electron chi connectivity index (χ0n) is 13.7. The minimum absolute atomic E-state index is 0. The van der Waals surface area contributed by atoms with E-state index in [0.717, 1.165) is 11.3 Å². The van der Waals surface area contributed by atoms with Crippen LogP contribution in [0, 0.1) is 13.8 Å². The van der Waals surface area contributed by atoms with E-state index in [2.05, 4.69) is 17.2 Å². The Hall–Kier alpha value is -1.60. The van der Waals surface area contributed by atoms with Crippen molar-refractivity contribution in [3.63, 3.8) is 0 Å². The van der Waals surface area contributed by atoms with Crippen molar-refractivity contribution in [3.8, 4) is 0 Å². The lowest BCUT2D eigenvalue weighted by atomic mass is 9.96. The van der Waals surface area contributed by atoms with Crippen LogP contribution in [0.1, 0.15) is 23.6 Å². The third-order valence-electron chi connectivity index (χ3n) is 3.73. The summed E-state index contributed by atoms with van der Waals surface area (Å²) in [5.74, 6) is 0.291. The summed E-state index contributed by atoms with van der Waals surface area (Å²) in [6, 6.07) is 15.5. The molecule has 0 spiro atoms. The second-order valence-corrected chi connectivity index (χ2v) is 5.77. The van der Waals surface area contributed by atoms with Crippen molar-refractivity contribution >= 4 is 35.6 Å². The van der Waals surface area contributed by atoms with Gasteiger partial charge in [-0.1, -0.05) is 36.4 Å². The number of aryl methyl sites for hydroxylation is 2. The third kappa shape index (κ3) is 5.51. The Morgan fingerprint density at radius 1 is 1.13 bits per heavy atom. The first-order chi connectivity index (χ1) is 10.4. The highest BCUT2D eigenvalue weighted by Crippen LogP contribution is 2.20. The van der Waals surface area contributed by atoms with Crippen molar-refractivity contribution in [3.05, 3.63) is 65.2 Å². The van der Waals surface area contributed by atoms with E-state index in [4.69, 9.17) is 5.73 Å². The SMILES string of the molecule is Cc1ccc(NC(N)=NCC(C)(O)c2ccccc2)cc1C.I. The molecule has 0 saturated carbocycles. The fourth-order valence-electron chi connectivity index (χ4n) is 2.13. The van der Waals surface area contributed by atoms with Crippen LogP contribution >= 0.6 is 24.0 Å². The predicted octanol–water partition coefficient (Wildman–Crippen LogP) is 3.56. The Labute approximate surface area is 154 Å². The van der Waals surface area contributed by atoms with Gasteiger partial charge in [0.25, 0.3) is 0 Å². The number of hydrogen-bond acceptors (Lipinski definition) is 2. The smallest absolute Gasteiger partial charge is 0.193 e. The minimum atomic E-state index is -1.04. The van der Waals surface area contributed by atoms with Crippen LogP contribution in [0.15, 0.2) is 53.5 Å². The molecule has 0 bridgehead atoms. The predicted molar refractivity (Wildman–Crippen MR) is 107 cm³/mol. The molecule has 4 nitrogen and oxygen atoms in total. The van der Waals surface area contributed by atoms with Gasteiger partial charge in [-0.05, 0) is 49.6 Å². The summed E-state index contributed by atoms with van der Waals surface area (Å²) in [6.45, 7) is 6.04. The molecule has 0 radical (unpaired) electrons. The van der Waals surface area contributed by atoms with Gasteiger partial charge in [-0.2, -0.15) is 0 Å². The van der Waals surface area contributed by atoms with Crippen LogP contribution in [0.3, 0.4) is 0 Å². The molecule has 2 aromatic rings. The summed E-state index contributed by atoms with van der Waals surface area (Å²) in [5, 5.41) is 13.5. The third-order valence-corrected chi connectivity index (χ3v) is 3.73. The van der Waals surface area contributed by atoms with E-state index < -0.39 is 5.60 Å². The lowest BCUT2D eigenvalue weighted by Gasteiger charge is -2.21. The van der Waals surface area contributed by atoms with Crippen LogP contribution in [0.5, 0.6) is 0 Å². The number of nitrogens with zero attached hydrogens (tertiary/aromatic N) is 1. The quantitative estimate of drug-likeness (QED) is 0.399. The standard InChI is InChI=1S/C18H23N3O.HI/c1-13-9-10-16(11-14(13)2)21-17(19)20-12-18(3,22)15-7-5-4-6-8-15;/h4-11,22H,12H2,1-3H3,(H3,19,20,21);1H. The lowest BCUT2D eigenvalue weighted by Crippen LogP contribution is -2.29. The maximum absolute atomic E-state index is 10.5. The maximum Gasteiger partial charge on any atom is 0.193 e. The molecule has 0 aromatic heterocycles. The number of aliphatic hydroxyl groups is 1. The zero-order valence-corrected chi connectivity index (χ0v) is 16.0. The molecule has 23 heavy (non-hydrogen) atoms. The molecule has 0 aliphatic carbocycles. The van der Waals surface area contributed by atoms with Crippen molar-refractivity contribution in [1.82, 2.24) is 0 Å². The van der Waals surface area contributed by atoms with Gasteiger partial charge in [0.05, 0.1) is 6.54 Å². The van der Waals surface area contributed by atoms with Gasteiger partial charge in [0.15, 0.2) is 5.96 Å². The fraction of sp³-hybridized carbons (Fsp3) is 0.278.